The summed E-state index contributed by atoms with van der Waals surface area (Å²) in [6, 6.07) is 14.8. The molecule has 4 amide bonds. The van der Waals surface area contributed by atoms with Crippen molar-refractivity contribution in [1.29, 1.82) is 0 Å². The quantitative estimate of drug-likeness (QED) is 0.164. The summed E-state index contributed by atoms with van der Waals surface area (Å²) >= 11 is 0. The first-order valence-corrected chi connectivity index (χ1v) is 15.7. The Morgan fingerprint density at radius 2 is 1.43 bits per heavy atom. The third-order valence-corrected chi connectivity index (χ3v) is 7.44. The number of likely N-dealkylation sites (N-methyl/N-ethyl adjacent to an activating group) is 1. The number of hydrogen-bond acceptors (Lipinski definition) is 6. The van der Waals surface area contributed by atoms with Crippen molar-refractivity contribution in [1.82, 2.24) is 20.7 Å². The number of halogens is 2. The molecule has 0 aliphatic heterocycles. The van der Waals surface area contributed by atoms with E-state index in [1.54, 1.807) is 11.8 Å². The largest absolute Gasteiger partial charge is 0.390 e. The molecule has 0 bridgehead atoms. The van der Waals surface area contributed by atoms with Gasteiger partial charge in [-0.05, 0) is 60.7 Å². The van der Waals surface area contributed by atoms with Crippen LogP contribution in [0.2, 0.25) is 0 Å². The Kier molecular flexibility index (Phi) is 14.0. The van der Waals surface area contributed by atoms with Gasteiger partial charge in [0, 0.05) is 48.9 Å². The van der Waals surface area contributed by atoms with Crippen molar-refractivity contribution < 1.29 is 33.1 Å². The molecule has 12 heteroatoms. The highest BCUT2D eigenvalue weighted by Crippen LogP contribution is 2.17. The van der Waals surface area contributed by atoms with Crippen molar-refractivity contribution in [3.05, 3.63) is 106 Å². The minimum Gasteiger partial charge on any atom is -0.390 e. The van der Waals surface area contributed by atoms with E-state index < -0.39 is 35.6 Å². The van der Waals surface area contributed by atoms with Crippen molar-refractivity contribution in [2.75, 3.05) is 26.2 Å². The summed E-state index contributed by atoms with van der Waals surface area (Å²) < 4.78 is 28.2. The Morgan fingerprint density at radius 3 is 2.00 bits per heavy atom. The van der Waals surface area contributed by atoms with Gasteiger partial charge in [0.1, 0.15) is 11.6 Å². The Bertz CT molecular complexity index is 1510. The van der Waals surface area contributed by atoms with Gasteiger partial charge in [-0.25, -0.2) is 13.8 Å². The second kappa shape index (κ2) is 17.9. The molecule has 0 spiro atoms. The summed E-state index contributed by atoms with van der Waals surface area (Å²) in [6.45, 7) is 6.72. The summed E-state index contributed by atoms with van der Waals surface area (Å²) in [6.07, 6.45) is -0.0139. The monoisotopic (exact) mass is 651 g/mol. The average molecular weight is 652 g/mol. The lowest BCUT2D eigenvalue weighted by atomic mass is 9.99. The maximum absolute atomic E-state index is 14.1. The molecule has 0 aromatic heterocycles. The van der Waals surface area contributed by atoms with E-state index in [2.05, 4.69) is 10.7 Å². The maximum Gasteiger partial charge on any atom is 0.253 e. The Balaban J connectivity index is 1.89. The molecule has 3 rings (SSSR count). The van der Waals surface area contributed by atoms with Crippen LogP contribution < -0.4 is 16.5 Å². The topological polar surface area (TPSA) is 145 Å². The predicted molar refractivity (Wildman–Crippen MR) is 174 cm³/mol. The summed E-state index contributed by atoms with van der Waals surface area (Å²) in [5.74, 6) is -3.95. The first-order valence-electron chi connectivity index (χ1n) is 15.7. The molecule has 5 N–H and O–H groups in total. The average Bonchev–Trinajstić information content (AvgIpc) is 3.03. The lowest BCUT2D eigenvalue weighted by Gasteiger charge is -2.30. The molecule has 3 aromatic carbocycles. The van der Waals surface area contributed by atoms with Gasteiger partial charge in [-0.1, -0.05) is 51.1 Å². The minimum absolute atomic E-state index is 0.0588. The van der Waals surface area contributed by atoms with Crippen LogP contribution in [0.3, 0.4) is 0 Å². The highest BCUT2D eigenvalue weighted by atomic mass is 19.1. The van der Waals surface area contributed by atoms with Crippen molar-refractivity contribution in [3.63, 3.8) is 0 Å². The number of primary amides is 1. The number of carbonyl (C=O) groups excluding carboxylic acids is 4. The summed E-state index contributed by atoms with van der Waals surface area (Å²) in [4.78, 5) is 53.5. The lowest BCUT2D eigenvalue weighted by Crippen LogP contribution is -2.53. The van der Waals surface area contributed by atoms with Crippen LogP contribution in [-0.2, 0) is 17.6 Å². The van der Waals surface area contributed by atoms with Crippen molar-refractivity contribution in [2.45, 2.75) is 58.6 Å². The number of carbonyl (C=O) groups is 4. The molecule has 0 heterocycles. The van der Waals surface area contributed by atoms with Crippen molar-refractivity contribution in [3.8, 4) is 0 Å². The first kappa shape index (κ1) is 36.8. The minimum atomic E-state index is -1.34. The molecule has 252 valence electrons. The van der Waals surface area contributed by atoms with Crippen LogP contribution in [0.4, 0.5) is 8.78 Å². The van der Waals surface area contributed by atoms with Gasteiger partial charge in [0.2, 0.25) is 11.8 Å². The fraction of sp³-hybridized carbons (Fsp3) is 0.371. The molecule has 0 saturated carbocycles. The molecule has 0 radical (unpaired) electrons. The number of aliphatic hydroxyl groups is 1. The van der Waals surface area contributed by atoms with Crippen molar-refractivity contribution in [2.24, 2.45) is 5.73 Å². The van der Waals surface area contributed by atoms with Crippen LogP contribution in [0.5, 0.6) is 0 Å². The van der Waals surface area contributed by atoms with E-state index in [0.717, 1.165) is 17.7 Å². The lowest BCUT2D eigenvalue weighted by molar-refractivity contribution is -0.125. The normalized spacial score (nSPS) is 12.3. The molecule has 2 unspecified atom stereocenters. The van der Waals surface area contributed by atoms with Crippen LogP contribution in [0.25, 0.3) is 0 Å². The van der Waals surface area contributed by atoms with E-state index in [-0.39, 0.29) is 53.5 Å². The van der Waals surface area contributed by atoms with Gasteiger partial charge in [-0.15, -0.1) is 0 Å². The molecule has 0 aliphatic rings. The number of rotatable bonds is 17. The van der Waals surface area contributed by atoms with Crippen LogP contribution in [0.15, 0.2) is 66.7 Å². The molecule has 0 fully saturated rings. The van der Waals surface area contributed by atoms with E-state index in [0.29, 0.717) is 38.5 Å². The van der Waals surface area contributed by atoms with Crippen LogP contribution in [-0.4, -0.2) is 77.0 Å². The van der Waals surface area contributed by atoms with Gasteiger partial charge in [0.25, 0.3) is 11.8 Å². The van der Waals surface area contributed by atoms with Gasteiger partial charge in [-0.3, -0.25) is 24.6 Å². The molecular formula is C35H43F2N5O5. The highest BCUT2D eigenvalue weighted by Gasteiger charge is 2.27. The Morgan fingerprint density at radius 1 is 0.830 bits per heavy atom. The second-order valence-corrected chi connectivity index (χ2v) is 11.3. The SMILES string of the molecule is CCCN(CCC)C(=O)c1cc(C(N)=O)cc(C(=O)NC(Cc2cc(F)cc(F)c2)C(O)CN(CC)NC(=O)Cc2ccccc2)c1. The molecule has 3 aromatic rings. The number of hydrazine groups is 1. The van der Waals surface area contributed by atoms with Gasteiger partial charge in [0.15, 0.2) is 0 Å². The molecular weight excluding hydrogens is 608 g/mol. The van der Waals surface area contributed by atoms with E-state index in [1.165, 1.54) is 23.2 Å². The van der Waals surface area contributed by atoms with E-state index in [9.17, 15) is 33.1 Å². The molecule has 10 nitrogen and oxygen atoms in total. The zero-order valence-electron chi connectivity index (χ0n) is 27.0. The number of amides is 4. The van der Waals surface area contributed by atoms with Gasteiger partial charge >= 0.3 is 0 Å². The van der Waals surface area contributed by atoms with Crippen LogP contribution in [0, 0.1) is 11.6 Å². The van der Waals surface area contributed by atoms with E-state index >= 15 is 0 Å². The van der Waals surface area contributed by atoms with Crippen LogP contribution >= 0.6 is 0 Å². The number of nitrogens with one attached hydrogen (secondary N) is 2. The number of hydrogen-bond donors (Lipinski definition) is 4. The summed E-state index contributed by atoms with van der Waals surface area (Å²) in [5.41, 5.74) is 9.21. The van der Waals surface area contributed by atoms with E-state index in [4.69, 9.17) is 5.73 Å². The van der Waals surface area contributed by atoms with Gasteiger partial charge in [0.05, 0.1) is 18.6 Å². The smallest absolute Gasteiger partial charge is 0.253 e. The Labute approximate surface area is 273 Å². The molecule has 0 aliphatic carbocycles. The molecule has 47 heavy (non-hydrogen) atoms. The standard InChI is InChI=1S/C35H43F2N5O5/c1-4-12-41(13-5-2)35(47)27-19-25(33(38)45)18-26(20-27)34(46)39-30(16-24-14-28(36)21-29(37)15-24)31(43)22-42(6-3)40-32(44)17-23-10-8-7-9-11-23/h7-11,14-15,18-21,30-31,43H,4-6,12-13,16-17,22H2,1-3H3,(H2,38,45)(H,39,46)(H,40,44). The molecule has 0 saturated heterocycles. The zero-order valence-corrected chi connectivity index (χ0v) is 27.0. The number of aliphatic hydroxyl groups excluding tert-OH is 1. The predicted octanol–water partition coefficient (Wildman–Crippen LogP) is 3.62. The highest BCUT2D eigenvalue weighted by molar-refractivity contribution is 6.04. The summed E-state index contributed by atoms with van der Waals surface area (Å²) in [5, 5.41) is 15.5. The van der Waals surface area contributed by atoms with Crippen LogP contribution in [0.1, 0.15) is 75.8 Å². The van der Waals surface area contributed by atoms with Gasteiger partial charge in [-0.2, -0.15) is 0 Å². The number of benzene rings is 3. The fourth-order valence-electron chi connectivity index (χ4n) is 5.18. The molecule has 2 atom stereocenters. The number of nitrogens with zero attached hydrogens (tertiary/aromatic N) is 2. The fourth-order valence-corrected chi connectivity index (χ4v) is 5.18. The Hall–Kier alpha value is -4.68. The van der Waals surface area contributed by atoms with Crippen molar-refractivity contribution >= 4 is 23.6 Å². The van der Waals surface area contributed by atoms with E-state index in [1.807, 2.05) is 44.2 Å². The maximum atomic E-state index is 14.1. The zero-order chi connectivity index (χ0) is 34.5. The second-order valence-electron chi connectivity index (χ2n) is 11.3. The van der Waals surface area contributed by atoms with Gasteiger partial charge < -0.3 is 21.1 Å². The first-order chi connectivity index (χ1) is 22.4. The third-order valence-electron chi connectivity index (χ3n) is 7.44. The third kappa shape index (κ3) is 11.3. The number of nitrogens with two attached hydrogens (primary N) is 1. The summed E-state index contributed by atoms with van der Waals surface area (Å²) in [7, 11) is 0.